The Hall–Kier alpha value is -0.480. The van der Waals surface area contributed by atoms with Crippen LogP contribution in [0.2, 0.25) is 0 Å². The zero-order valence-electron chi connectivity index (χ0n) is 10.6. The van der Waals surface area contributed by atoms with Gasteiger partial charge >= 0.3 is 6.09 Å². The first-order chi connectivity index (χ1) is 6.90. The Labute approximate surface area is 104 Å². The van der Waals surface area contributed by atoms with E-state index >= 15 is 0 Å². The summed E-state index contributed by atoms with van der Waals surface area (Å²) < 4.78 is 5.32. The number of ether oxygens (including phenoxy) is 1. The lowest BCUT2D eigenvalue weighted by molar-refractivity contribution is 0.0195. The Morgan fingerprint density at radius 1 is 1.31 bits per heavy atom. The molecule has 1 aliphatic heterocycles. The fourth-order valence-corrected chi connectivity index (χ4v) is 1.68. The highest BCUT2D eigenvalue weighted by atomic mass is 35.5. The summed E-state index contributed by atoms with van der Waals surface area (Å²) in [5.74, 6) is 0. The second-order valence-corrected chi connectivity index (χ2v) is 5.07. The molecule has 0 atom stereocenters. The van der Waals surface area contributed by atoms with Crippen LogP contribution in [-0.4, -0.2) is 42.8 Å². The second kappa shape index (κ2) is 6.30. The lowest BCUT2D eigenvalue weighted by atomic mass is 10.1. The number of hydrogen-bond acceptors (Lipinski definition) is 3. The maximum atomic E-state index is 11.7. The summed E-state index contributed by atoms with van der Waals surface area (Å²) in [5.41, 5.74) is -0.405. The van der Waals surface area contributed by atoms with Crippen LogP contribution >= 0.6 is 12.4 Å². The molecule has 0 aromatic carbocycles. The minimum atomic E-state index is -0.405. The molecular formula is C11H23ClN2O2. The lowest BCUT2D eigenvalue weighted by Gasteiger charge is -2.33. The van der Waals surface area contributed by atoms with E-state index in [1.807, 2.05) is 27.8 Å². The maximum Gasteiger partial charge on any atom is 0.410 e. The normalized spacial score (nSPS) is 17.5. The van der Waals surface area contributed by atoms with Crippen molar-refractivity contribution in [2.75, 3.05) is 20.1 Å². The van der Waals surface area contributed by atoms with Gasteiger partial charge in [-0.3, -0.25) is 0 Å². The number of rotatable bonds is 1. The molecule has 4 nitrogen and oxygen atoms in total. The number of nitrogens with zero attached hydrogens (tertiary/aromatic N) is 1. The molecule has 5 heteroatoms. The molecule has 1 aliphatic rings. The SMILES string of the molecule is CN(C(=O)OC(C)(C)C)C1CCNCC1.Cl. The predicted octanol–water partition coefficient (Wildman–Crippen LogP) is 2.03. The molecule has 0 spiro atoms. The van der Waals surface area contributed by atoms with Gasteiger partial charge in [0.2, 0.25) is 0 Å². The van der Waals surface area contributed by atoms with Crippen molar-refractivity contribution in [1.29, 1.82) is 0 Å². The van der Waals surface area contributed by atoms with E-state index in [0.29, 0.717) is 6.04 Å². The van der Waals surface area contributed by atoms with Crippen molar-refractivity contribution in [3.05, 3.63) is 0 Å². The maximum absolute atomic E-state index is 11.7. The minimum Gasteiger partial charge on any atom is -0.444 e. The van der Waals surface area contributed by atoms with E-state index in [1.54, 1.807) is 4.90 Å². The summed E-state index contributed by atoms with van der Waals surface area (Å²) in [4.78, 5) is 13.5. The molecule has 1 saturated heterocycles. The van der Waals surface area contributed by atoms with Gasteiger partial charge in [0.1, 0.15) is 5.60 Å². The molecule has 16 heavy (non-hydrogen) atoms. The standard InChI is InChI=1S/C11H22N2O2.ClH/c1-11(2,3)15-10(14)13(4)9-5-7-12-8-6-9;/h9,12H,5-8H2,1-4H3;1H. The van der Waals surface area contributed by atoms with Gasteiger partial charge in [0.25, 0.3) is 0 Å². The van der Waals surface area contributed by atoms with Crippen LogP contribution in [-0.2, 0) is 4.74 Å². The number of carbonyl (C=O) groups is 1. The summed E-state index contributed by atoms with van der Waals surface area (Å²) in [6.45, 7) is 7.64. The van der Waals surface area contributed by atoms with Crippen molar-refractivity contribution in [2.24, 2.45) is 0 Å². The lowest BCUT2D eigenvalue weighted by Crippen LogP contribution is -2.45. The average molecular weight is 251 g/mol. The fourth-order valence-electron chi connectivity index (χ4n) is 1.68. The van der Waals surface area contributed by atoms with Crippen LogP contribution in [0.15, 0.2) is 0 Å². The summed E-state index contributed by atoms with van der Waals surface area (Å²) in [5, 5.41) is 3.28. The molecule has 0 aliphatic carbocycles. The summed E-state index contributed by atoms with van der Waals surface area (Å²) in [6, 6.07) is 0.320. The molecule has 0 unspecified atom stereocenters. The minimum absolute atomic E-state index is 0. The van der Waals surface area contributed by atoms with Gasteiger partial charge < -0.3 is 15.0 Å². The number of amides is 1. The van der Waals surface area contributed by atoms with Crippen molar-refractivity contribution < 1.29 is 9.53 Å². The molecular weight excluding hydrogens is 228 g/mol. The van der Waals surface area contributed by atoms with Crippen LogP contribution in [0, 0.1) is 0 Å². The van der Waals surface area contributed by atoms with Crippen LogP contribution in [0.5, 0.6) is 0 Å². The van der Waals surface area contributed by atoms with Crippen LogP contribution in [0.25, 0.3) is 0 Å². The number of piperidine rings is 1. The van der Waals surface area contributed by atoms with Gasteiger partial charge in [0.15, 0.2) is 0 Å². The fraction of sp³-hybridized carbons (Fsp3) is 0.909. The van der Waals surface area contributed by atoms with E-state index in [-0.39, 0.29) is 18.5 Å². The van der Waals surface area contributed by atoms with Gasteiger partial charge in [0.05, 0.1) is 0 Å². The predicted molar refractivity (Wildman–Crippen MR) is 67.1 cm³/mol. The Bertz CT molecular complexity index is 223. The third-order valence-corrected chi connectivity index (χ3v) is 2.54. The van der Waals surface area contributed by atoms with Gasteiger partial charge in [-0.15, -0.1) is 12.4 Å². The van der Waals surface area contributed by atoms with Crippen molar-refractivity contribution in [2.45, 2.75) is 45.3 Å². The van der Waals surface area contributed by atoms with Crippen LogP contribution in [0.4, 0.5) is 4.79 Å². The van der Waals surface area contributed by atoms with Gasteiger partial charge in [-0.2, -0.15) is 0 Å². The highest BCUT2D eigenvalue weighted by molar-refractivity contribution is 5.85. The molecule has 96 valence electrons. The molecule has 1 fully saturated rings. The van der Waals surface area contributed by atoms with Crippen molar-refractivity contribution in [3.8, 4) is 0 Å². The van der Waals surface area contributed by atoms with Gasteiger partial charge in [0, 0.05) is 13.1 Å². The smallest absolute Gasteiger partial charge is 0.410 e. The Kier molecular flexibility index (Phi) is 6.11. The molecule has 1 amide bonds. The Morgan fingerprint density at radius 2 is 1.81 bits per heavy atom. The van der Waals surface area contributed by atoms with Gasteiger partial charge in [-0.05, 0) is 46.7 Å². The number of carbonyl (C=O) groups excluding carboxylic acids is 1. The quantitative estimate of drug-likeness (QED) is 0.774. The molecule has 0 radical (unpaired) electrons. The third-order valence-electron chi connectivity index (χ3n) is 2.54. The van der Waals surface area contributed by atoms with E-state index in [0.717, 1.165) is 25.9 Å². The van der Waals surface area contributed by atoms with Gasteiger partial charge in [-0.1, -0.05) is 0 Å². The molecule has 1 rings (SSSR count). The molecule has 1 heterocycles. The van der Waals surface area contributed by atoms with Crippen molar-refractivity contribution in [3.63, 3.8) is 0 Å². The molecule has 0 saturated carbocycles. The van der Waals surface area contributed by atoms with Crippen molar-refractivity contribution in [1.82, 2.24) is 10.2 Å². The van der Waals surface area contributed by atoms with Crippen molar-refractivity contribution >= 4 is 18.5 Å². The summed E-state index contributed by atoms with van der Waals surface area (Å²) >= 11 is 0. The van der Waals surface area contributed by atoms with Crippen LogP contribution < -0.4 is 5.32 Å². The average Bonchev–Trinajstić information content (AvgIpc) is 2.15. The van der Waals surface area contributed by atoms with E-state index in [4.69, 9.17) is 4.74 Å². The molecule has 1 N–H and O–H groups in total. The number of nitrogens with one attached hydrogen (secondary N) is 1. The Balaban J connectivity index is 0.00000225. The van der Waals surface area contributed by atoms with Crippen LogP contribution in [0.3, 0.4) is 0 Å². The van der Waals surface area contributed by atoms with E-state index < -0.39 is 5.60 Å². The second-order valence-electron chi connectivity index (χ2n) is 5.07. The zero-order valence-corrected chi connectivity index (χ0v) is 11.4. The highest BCUT2D eigenvalue weighted by Crippen LogP contribution is 2.14. The first-order valence-electron chi connectivity index (χ1n) is 5.56. The number of halogens is 1. The number of hydrogen-bond donors (Lipinski definition) is 1. The van der Waals surface area contributed by atoms with E-state index in [9.17, 15) is 4.79 Å². The van der Waals surface area contributed by atoms with E-state index in [1.165, 1.54) is 0 Å². The first kappa shape index (κ1) is 15.5. The summed E-state index contributed by atoms with van der Waals surface area (Å²) in [6.07, 6.45) is 1.81. The third kappa shape index (κ3) is 5.03. The molecule has 0 aromatic rings. The first-order valence-corrected chi connectivity index (χ1v) is 5.56. The zero-order chi connectivity index (χ0) is 11.5. The Morgan fingerprint density at radius 3 is 2.25 bits per heavy atom. The largest absolute Gasteiger partial charge is 0.444 e. The molecule has 0 aromatic heterocycles. The monoisotopic (exact) mass is 250 g/mol. The molecule has 0 bridgehead atoms. The highest BCUT2D eigenvalue weighted by Gasteiger charge is 2.26. The topological polar surface area (TPSA) is 41.6 Å². The van der Waals surface area contributed by atoms with Gasteiger partial charge in [-0.25, -0.2) is 4.79 Å². The van der Waals surface area contributed by atoms with Crippen LogP contribution in [0.1, 0.15) is 33.6 Å². The summed E-state index contributed by atoms with van der Waals surface area (Å²) in [7, 11) is 1.82. The van der Waals surface area contributed by atoms with E-state index in [2.05, 4.69) is 5.32 Å².